The maximum atomic E-state index is 12.7. The molecule has 0 unspecified atom stereocenters. The second-order valence-corrected chi connectivity index (χ2v) is 9.79. The van der Waals surface area contributed by atoms with Gasteiger partial charge in [0.15, 0.2) is 5.76 Å². The van der Waals surface area contributed by atoms with Crippen molar-refractivity contribution in [2.75, 3.05) is 45.0 Å². The molecule has 2 aromatic carbocycles. The fraction of sp³-hybridized carbons (Fsp3) is 0.348. The molecule has 0 aliphatic carbocycles. The zero-order chi connectivity index (χ0) is 21.7. The van der Waals surface area contributed by atoms with Gasteiger partial charge in [-0.2, -0.15) is 4.31 Å². The quantitative estimate of drug-likeness (QED) is 0.580. The van der Waals surface area contributed by atoms with E-state index in [4.69, 9.17) is 4.42 Å². The Morgan fingerprint density at radius 2 is 1.68 bits per heavy atom. The standard InChI is InChI=1S/C23H27N3O4S/c27-23(22-18-20-8-4-5-9-21(20)30-22)24-11-17-31(28,29)26-15-13-25(14-16-26)12-10-19-6-2-1-3-7-19/h1-9,18H,10-17H2,(H,24,27). The summed E-state index contributed by atoms with van der Waals surface area (Å²) in [5, 5.41) is 3.49. The van der Waals surface area contributed by atoms with Gasteiger partial charge in [0.25, 0.3) is 5.91 Å². The Bertz CT molecular complexity index is 1090. The first-order valence-electron chi connectivity index (χ1n) is 10.5. The summed E-state index contributed by atoms with van der Waals surface area (Å²) in [5.74, 6) is -0.342. The van der Waals surface area contributed by atoms with E-state index in [-0.39, 0.29) is 18.1 Å². The Labute approximate surface area is 182 Å². The molecule has 4 rings (SSSR count). The number of amides is 1. The molecule has 8 heteroatoms. The highest BCUT2D eigenvalue weighted by molar-refractivity contribution is 7.89. The van der Waals surface area contributed by atoms with Crippen molar-refractivity contribution < 1.29 is 17.6 Å². The molecule has 3 aromatic rings. The van der Waals surface area contributed by atoms with E-state index in [1.165, 1.54) is 9.87 Å². The van der Waals surface area contributed by atoms with Gasteiger partial charge in [0.05, 0.1) is 5.75 Å². The van der Waals surface area contributed by atoms with Crippen molar-refractivity contribution >= 4 is 26.9 Å². The van der Waals surface area contributed by atoms with Crippen molar-refractivity contribution in [3.63, 3.8) is 0 Å². The minimum absolute atomic E-state index is 0.0480. The van der Waals surface area contributed by atoms with Crippen LogP contribution in [-0.4, -0.2) is 68.6 Å². The summed E-state index contributed by atoms with van der Waals surface area (Å²) in [4.78, 5) is 14.6. The van der Waals surface area contributed by atoms with Crippen LogP contribution in [-0.2, 0) is 16.4 Å². The molecule has 1 aliphatic heterocycles. The minimum atomic E-state index is -3.42. The van der Waals surface area contributed by atoms with E-state index >= 15 is 0 Å². The fourth-order valence-corrected chi connectivity index (χ4v) is 5.10. The third kappa shape index (κ3) is 5.52. The zero-order valence-electron chi connectivity index (χ0n) is 17.4. The lowest BCUT2D eigenvalue weighted by atomic mass is 10.1. The predicted octanol–water partition coefficient (Wildman–Crippen LogP) is 2.35. The number of nitrogens with one attached hydrogen (secondary N) is 1. The third-order valence-electron chi connectivity index (χ3n) is 5.58. The van der Waals surface area contributed by atoms with Gasteiger partial charge >= 0.3 is 0 Å². The van der Waals surface area contributed by atoms with Gasteiger partial charge in [-0.15, -0.1) is 0 Å². The molecule has 2 heterocycles. The highest BCUT2D eigenvalue weighted by Gasteiger charge is 2.26. The molecular formula is C23H27N3O4S. The van der Waals surface area contributed by atoms with Gasteiger partial charge in [-0.1, -0.05) is 48.5 Å². The molecule has 0 saturated carbocycles. The van der Waals surface area contributed by atoms with Gasteiger partial charge in [0, 0.05) is 44.7 Å². The number of carbonyl (C=O) groups is 1. The number of sulfonamides is 1. The normalized spacial score (nSPS) is 15.9. The van der Waals surface area contributed by atoms with E-state index in [1.54, 1.807) is 12.1 Å². The number of hydrogen-bond acceptors (Lipinski definition) is 5. The first kappa shape index (κ1) is 21.5. The number of hydrogen-bond donors (Lipinski definition) is 1. The Balaban J connectivity index is 1.21. The molecule has 164 valence electrons. The molecule has 1 fully saturated rings. The second kappa shape index (κ2) is 9.64. The van der Waals surface area contributed by atoms with E-state index in [2.05, 4.69) is 22.3 Å². The van der Waals surface area contributed by atoms with E-state index < -0.39 is 15.9 Å². The van der Waals surface area contributed by atoms with Crippen molar-refractivity contribution in [3.05, 3.63) is 72.0 Å². The predicted molar refractivity (Wildman–Crippen MR) is 120 cm³/mol. The van der Waals surface area contributed by atoms with Gasteiger partial charge in [-0.25, -0.2) is 8.42 Å². The molecule has 1 amide bonds. The van der Waals surface area contributed by atoms with Gasteiger partial charge in [-0.3, -0.25) is 4.79 Å². The number of benzene rings is 2. The molecule has 7 nitrogen and oxygen atoms in total. The highest BCUT2D eigenvalue weighted by atomic mass is 32.2. The van der Waals surface area contributed by atoms with Crippen LogP contribution in [0.15, 0.2) is 65.1 Å². The van der Waals surface area contributed by atoms with Gasteiger partial charge in [-0.05, 0) is 24.1 Å². The monoisotopic (exact) mass is 441 g/mol. The number of piperazine rings is 1. The summed E-state index contributed by atoms with van der Waals surface area (Å²) in [5.41, 5.74) is 1.92. The van der Waals surface area contributed by atoms with Crippen LogP contribution in [0.25, 0.3) is 11.0 Å². The van der Waals surface area contributed by atoms with E-state index in [0.717, 1.165) is 31.4 Å². The third-order valence-corrected chi connectivity index (χ3v) is 7.45. The smallest absolute Gasteiger partial charge is 0.287 e. The van der Waals surface area contributed by atoms with Crippen molar-refractivity contribution in [1.82, 2.24) is 14.5 Å². The lowest BCUT2D eigenvalue weighted by Crippen LogP contribution is -2.50. The Morgan fingerprint density at radius 1 is 0.968 bits per heavy atom. The van der Waals surface area contributed by atoms with Crippen LogP contribution in [0.5, 0.6) is 0 Å². The average molecular weight is 442 g/mol. The highest BCUT2D eigenvalue weighted by Crippen LogP contribution is 2.18. The molecule has 1 N–H and O–H groups in total. The molecule has 1 saturated heterocycles. The SMILES string of the molecule is O=C(NCCS(=O)(=O)N1CCN(CCc2ccccc2)CC1)c1cc2ccccc2o1. The van der Waals surface area contributed by atoms with Gasteiger partial charge in [0.2, 0.25) is 10.0 Å². The number of rotatable bonds is 8. The molecule has 1 aromatic heterocycles. The molecule has 0 bridgehead atoms. The summed E-state index contributed by atoms with van der Waals surface area (Å²) in [6.07, 6.45) is 0.960. The second-order valence-electron chi connectivity index (χ2n) is 7.70. The van der Waals surface area contributed by atoms with Crippen molar-refractivity contribution in [1.29, 1.82) is 0 Å². The first-order chi connectivity index (χ1) is 15.0. The van der Waals surface area contributed by atoms with Crippen LogP contribution in [0.4, 0.5) is 0 Å². The Morgan fingerprint density at radius 3 is 2.42 bits per heavy atom. The number of para-hydroxylation sites is 1. The average Bonchev–Trinajstić information content (AvgIpc) is 3.23. The van der Waals surface area contributed by atoms with Crippen LogP contribution < -0.4 is 5.32 Å². The molecule has 0 radical (unpaired) electrons. The van der Waals surface area contributed by atoms with Crippen molar-refractivity contribution in [3.8, 4) is 0 Å². The number of carbonyl (C=O) groups excluding carboxylic acids is 1. The maximum Gasteiger partial charge on any atom is 0.287 e. The largest absolute Gasteiger partial charge is 0.451 e. The van der Waals surface area contributed by atoms with Crippen molar-refractivity contribution in [2.45, 2.75) is 6.42 Å². The Kier molecular flexibility index (Phi) is 6.70. The summed E-state index contributed by atoms with van der Waals surface area (Å²) >= 11 is 0. The summed E-state index contributed by atoms with van der Waals surface area (Å²) < 4.78 is 32.4. The van der Waals surface area contributed by atoms with E-state index in [0.29, 0.717) is 18.7 Å². The minimum Gasteiger partial charge on any atom is -0.451 e. The summed E-state index contributed by atoms with van der Waals surface area (Å²) in [6.45, 7) is 3.37. The molecule has 0 spiro atoms. The van der Waals surface area contributed by atoms with E-state index in [9.17, 15) is 13.2 Å². The zero-order valence-corrected chi connectivity index (χ0v) is 18.2. The summed E-state index contributed by atoms with van der Waals surface area (Å²) in [6, 6.07) is 19.3. The maximum absolute atomic E-state index is 12.7. The number of fused-ring (bicyclic) bond motifs is 1. The molecular weight excluding hydrogens is 414 g/mol. The topological polar surface area (TPSA) is 82.9 Å². The fourth-order valence-electron chi connectivity index (χ4n) is 3.77. The lowest BCUT2D eigenvalue weighted by Gasteiger charge is -2.34. The van der Waals surface area contributed by atoms with Gasteiger partial charge in [0.1, 0.15) is 5.58 Å². The van der Waals surface area contributed by atoms with Crippen LogP contribution >= 0.6 is 0 Å². The molecule has 0 atom stereocenters. The first-order valence-corrected chi connectivity index (χ1v) is 12.1. The van der Waals surface area contributed by atoms with Crippen LogP contribution in [0.1, 0.15) is 16.1 Å². The van der Waals surface area contributed by atoms with Crippen LogP contribution in [0, 0.1) is 0 Å². The van der Waals surface area contributed by atoms with Crippen LogP contribution in [0.3, 0.4) is 0 Å². The van der Waals surface area contributed by atoms with Crippen LogP contribution in [0.2, 0.25) is 0 Å². The summed E-state index contributed by atoms with van der Waals surface area (Å²) in [7, 11) is -3.42. The molecule has 31 heavy (non-hydrogen) atoms. The van der Waals surface area contributed by atoms with Gasteiger partial charge < -0.3 is 14.6 Å². The molecule has 1 aliphatic rings. The number of furan rings is 1. The van der Waals surface area contributed by atoms with Crippen molar-refractivity contribution in [2.24, 2.45) is 0 Å². The number of nitrogens with zero attached hydrogens (tertiary/aromatic N) is 2. The Hall–Kier alpha value is -2.68. The van der Waals surface area contributed by atoms with E-state index in [1.807, 2.05) is 36.4 Å². The lowest BCUT2D eigenvalue weighted by molar-refractivity contribution is 0.0930.